The summed E-state index contributed by atoms with van der Waals surface area (Å²) in [6.07, 6.45) is 4.22. The second-order valence-corrected chi connectivity index (χ2v) is 9.25. The van der Waals surface area contributed by atoms with Gasteiger partial charge in [-0.1, -0.05) is 30.3 Å². The molecular weight excluding hydrogens is 533 g/mol. The van der Waals surface area contributed by atoms with Crippen molar-refractivity contribution in [3.63, 3.8) is 0 Å². The predicted octanol–water partition coefficient (Wildman–Crippen LogP) is 3.99. The van der Waals surface area contributed by atoms with E-state index in [9.17, 15) is 4.79 Å². The third-order valence-corrected chi connectivity index (χ3v) is 7.21. The normalized spacial score (nSPS) is 18.0. The number of aliphatic imine (C=N–C) groups is 1. The van der Waals surface area contributed by atoms with Crippen LogP contribution < -0.4 is 10.6 Å². The Morgan fingerprint density at radius 1 is 1.06 bits per heavy atom. The van der Waals surface area contributed by atoms with E-state index in [2.05, 4.69) is 56.2 Å². The van der Waals surface area contributed by atoms with Crippen LogP contribution in [0.25, 0.3) is 0 Å². The predicted molar refractivity (Wildman–Crippen MR) is 143 cm³/mol. The van der Waals surface area contributed by atoms with Crippen LogP contribution in [0.5, 0.6) is 0 Å². The van der Waals surface area contributed by atoms with Crippen molar-refractivity contribution in [2.24, 2.45) is 4.99 Å². The van der Waals surface area contributed by atoms with E-state index in [-0.39, 0.29) is 29.9 Å². The zero-order valence-corrected chi connectivity index (χ0v) is 21.9. The first-order chi connectivity index (χ1) is 15.2. The summed E-state index contributed by atoms with van der Waals surface area (Å²) in [6.45, 7) is 5.41. The van der Waals surface area contributed by atoms with Gasteiger partial charge in [-0.2, -0.15) is 0 Å². The Bertz CT molecular complexity index is 882. The molecule has 1 aromatic heterocycles. The van der Waals surface area contributed by atoms with Crippen molar-refractivity contribution in [1.29, 1.82) is 0 Å². The topological polar surface area (TPSA) is 60.0 Å². The first-order valence-corrected chi connectivity index (χ1v) is 12.2. The van der Waals surface area contributed by atoms with Crippen LogP contribution in [0.1, 0.15) is 47.7 Å². The number of carbonyl (C=O) groups is 1. The lowest BCUT2D eigenvalue weighted by Gasteiger charge is -2.27. The molecule has 0 spiro atoms. The monoisotopic (exact) mass is 567 g/mol. The smallest absolute Gasteiger partial charge is 0.222 e. The van der Waals surface area contributed by atoms with Crippen LogP contribution in [0.2, 0.25) is 0 Å². The minimum Gasteiger partial charge on any atom is -0.354 e. The fourth-order valence-corrected chi connectivity index (χ4v) is 5.36. The number of carbonyl (C=O) groups excluding carboxylic acids is 1. The van der Waals surface area contributed by atoms with Crippen LogP contribution in [0.4, 0.5) is 0 Å². The summed E-state index contributed by atoms with van der Waals surface area (Å²) in [4.78, 5) is 22.4. The second kappa shape index (κ2) is 12.6. The van der Waals surface area contributed by atoms with Crippen LogP contribution in [-0.4, -0.2) is 54.9 Å². The van der Waals surface area contributed by atoms with Crippen molar-refractivity contribution >= 4 is 47.2 Å². The standard InChI is InChI=1S/C24H33N5OS.HI/c1-25-24(27-17-21(22-10-7-15-31-22)28-12-4-5-13-28)26-16-19-8-2-3-9-20(19)18-29-14-6-11-23(29)30;/h2-3,7-10,15,21H,4-6,11-14,16-18H2,1H3,(H2,25,26,27);1H. The van der Waals surface area contributed by atoms with Gasteiger partial charge in [0.1, 0.15) is 0 Å². The van der Waals surface area contributed by atoms with Gasteiger partial charge in [-0.3, -0.25) is 14.7 Å². The van der Waals surface area contributed by atoms with Crippen molar-refractivity contribution in [2.45, 2.75) is 44.8 Å². The molecule has 1 atom stereocenters. The molecule has 1 amide bonds. The van der Waals surface area contributed by atoms with Gasteiger partial charge < -0.3 is 15.5 Å². The quantitative estimate of drug-likeness (QED) is 0.288. The minimum atomic E-state index is 0. The van der Waals surface area contributed by atoms with Crippen LogP contribution in [0.3, 0.4) is 0 Å². The summed E-state index contributed by atoms with van der Waals surface area (Å²) in [6, 6.07) is 13.1. The fourth-order valence-electron chi connectivity index (χ4n) is 4.50. The maximum atomic E-state index is 12.0. The minimum absolute atomic E-state index is 0. The Balaban J connectivity index is 0.00000289. The number of amides is 1. The number of rotatable bonds is 8. The molecule has 6 nitrogen and oxygen atoms in total. The molecule has 1 unspecified atom stereocenters. The second-order valence-electron chi connectivity index (χ2n) is 8.27. The molecule has 2 N–H and O–H groups in total. The Hall–Kier alpha value is -1.65. The van der Waals surface area contributed by atoms with Crippen molar-refractivity contribution in [2.75, 3.05) is 33.2 Å². The Kier molecular flexibility index (Phi) is 9.80. The average molecular weight is 568 g/mol. The number of halogens is 1. The summed E-state index contributed by atoms with van der Waals surface area (Å²) in [7, 11) is 1.82. The summed E-state index contributed by atoms with van der Waals surface area (Å²) in [5.74, 6) is 1.08. The first-order valence-electron chi connectivity index (χ1n) is 11.3. The molecule has 2 aliphatic heterocycles. The summed E-state index contributed by atoms with van der Waals surface area (Å²) in [5.41, 5.74) is 2.41. The number of hydrogen-bond acceptors (Lipinski definition) is 4. The van der Waals surface area contributed by atoms with E-state index in [0.717, 1.165) is 25.5 Å². The molecule has 2 aromatic rings. The largest absolute Gasteiger partial charge is 0.354 e. The molecule has 0 bridgehead atoms. The van der Waals surface area contributed by atoms with Crippen LogP contribution >= 0.6 is 35.3 Å². The summed E-state index contributed by atoms with van der Waals surface area (Å²) in [5, 5.41) is 9.18. The van der Waals surface area contributed by atoms with Crippen molar-refractivity contribution in [3.05, 3.63) is 57.8 Å². The van der Waals surface area contributed by atoms with E-state index in [4.69, 9.17) is 0 Å². The highest BCUT2D eigenvalue weighted by molar-refractivity contribution is 14.0. The highest BCUT2D eigenvalue weighted by Crippen LogP contribution is 2.27. The van der Waals surface area contributed by atoms with Gasteiger partial charge in [-0.15, -0.1) is 35.3 Å². The molecule has 0 saturated carbocycles. The molecular formula is C24H34IN5OS. The van der Waals surface area contributed by atoms with Gasteiger partial charge in [0.25, 0.3) is 0 Å². The van der Waals surface area contributed by atoms with Crippen molar-refractivity contribution in [3.8, 4) is 0 Å². The number of nitrogens with zero attached hydrogens (tertiary/aromatic N) is 3. The Morgan fingerprint density at radius 2 is 1.84 bits per heavy atom. The van der Waals surface area contributed by atoms with Gasteiger partial charge in [-0.25, -0.2) is 0 Å². The molecule has 0 radical (unpaired) electrons. The lowest BCUT2D eigenvalue weighted by molar-refractivity contribution is -0.128. The zero-order chi connectivity index (χ0) is 21.5. The number of thiophene rings is 1. The molecule has 174 valence electrons. The molecule has 2 aliphatic rings. The maximum absolute atomic E-state index is 12.0. The highest BCUT2D eigenvalue weighted by atomic mass is 127. The Morgan fingerprint density at radius 3 is 2.50 bits per heavy atom. The lowest BCUT2D eigenvalue weighted by atomic mass is 10.1. The van der Waals surface area contributed by atoms with E-state index in [0.29, 0.717) is 25.6 Å². The zero-order valence-electron chi connectivity index (χ0n) is 18.8. The Labute approximate surface area is 212 Å². The van der Waals surface area contributed by atoms with E-state index in [1.807, 2.05) is 29.4 Å². The van der Waals surface area contributed by atoms with Crippen molar-refractivity contribution in [1.82, 2.24) is 20.4 Å². The average Bonchev–Trinajstić information content (AvgIpc) is 3.56. The van der Waals surface area contributed by atoms with E-state index in [1.165, 1.54) is 41.9 Å². The molecule has 2 fully saturated rings. The molecule has 32 heavy (non-hydrogen) atoms. The van der Waals surface area contributed by atoms with Gasteiger partial charge in [0.05, 0.1) is 6.04 Å². The lowest BCUT2D eigenvalue weighted by Crippen LogP contribution is -2.42. The third-order valence-electron chi connectivity index (χ3n) is 6.24. The number of hydrogen-bond donors (Lipinski definition) is 2. The molecule has 8 heteroatoms. The van der Waals surface area contributed by atoms with Gasteiger partial charge in [0.15, 0.2) is 5.96 Å². The number of benzene rings is 1. The number of likely N-dealkylation sites (tertiary alicyclic amines) is 2. The van der Waals surface area contributed by atoms with Crippen LogP contribution in [-0.2, 0) is 17.9 Å². The summed E-state index contributed by atoms with van der Waals surface area (Å²) < 4.78 is 0. The first kappa shape index (κ1) is 25.0. The molecule has 2 saturated heterocycles. The van der Waals surface area contributed by atoms with E-state index >= 15 is 0 Å². The molecule has 1 aromatic carbocycles. The van der Waals surface area contributed by atoms with Crippen molar-refractivity contribution < 1.29 is 4.79 Å². The maximum Gasteiger partial charge on any atom is 0.222 e. The molecule has 3 heterocycles. The fraction of sp³-hybridized carbons (Fsp3) is 0.500. The summed E-state index contributed by atoms with van der Waals surface area (Å²) >= 11 is 1.83. The number of nitrogens with one attached hydrogen (secondary N) is 2. The highest BCUT2D eigenvalue weighted by Gasteiger charge is 2.24. The van der Waals surface area contributed by atoms with E-state index < -0.39 is 0 Å². The van der Waals surface area contributed by atoms with E-state index in [1.54, 1.807) is 0 Å². The number of guanidine groups is 1. The van der Waals surface area contributed by atoms with Gasteiger partial charge in [0.2, 0.25) is 5.91 Å². The third kappa shape index (κ3) is 6.45. The SMILES string of the molecule is CN=C(NCc1ccccc1CN1CCCC1=O)NCC(c1cccs1)N1CCCC1.I. The van der Waals surface area contributed by atoms with Crippen LogP contribution in [0, 0.1) is 0 Å². The molecule has 4 rings (SSSR count). The molecule has 0 aliphatic carbocycles. The van der Waals surface area contributed by atoms with Gasteiger partial charge in [-0.05, 0) is 54.9 Å². The van der Waals surface area contributed by atoms with Crippen LogP contribution in [0.15, 0.2) is 46.8 Å². The van der Waals surface area contributed by atoms with Gasteiger partial charge >= 0.3 is 0 Å². The van der Waals surface area contributed by atoms with Gasteiger partial charge in [0, 0.05) is 44.5 Å².